The van der Waals surface area contributed by atoms with Crippen LogP contribution in [0.4, 0.5) is 0 Å². The normalized spacial score (nSPS) is 12.2. The van der Waals surface area contributed by atoms with E-state index in [0.717, 1.165) is 10.6 Å². The minimum absolute atomic E-state index is 0.117. The van der Waals surface area contributed by atoms with Crippen molar-refractivity contribution in [2.75, 3.05) is 26.7 Å². The Kier molecular flexibility index (Phi) is 11.6. The average Bonchev–Trinajstić information content (AvgIpc) is 2.75. The van der Waals surface area contributed by atoms with Crippen molar-refractivity contribution in [3.05, 3.63) is 44.2 Å². The van der Waals surface area contributed by atoms with Crippen LogP contribution in [0.15, 0.2) is 27.4 Å². The Labute approximate surface area is 197 Å². The fourth-order valence-corrected chi connectivity index (χ4v) is 3.13. The first kappa shape index (κ1) is 28.5. The Morgan fingerprint density at radius 2 is 1.88 bits per heavy atom. The molecule has 12 heteroatoms. The third-order valence-electron chi connectivity index (χ3n) is 5.06. The van der Waals surface area contributed by atoms with E-state index in [4.69, 9.17) is 0 Å². The maximum atomic E-state index is 12.8. The first-order valence-electron chi connectivity index (χ1n) is 10.9. The van der Waals surface area contributed by atoms with Gasteiger partial charge in [0.25, 0.3) is 5.56 Å². The molecule has 188 valence electrons. The van der Waals surface area contributed by atoms with Crippen molar-refractivity contribution in [3.8, 4) is 0 Å². The summed E-state index contributed by atoms with van der Waals surface area (Å²) in [4.78, 5) is 73.8. The number of unbranched alkanes of at least 4 members (excludes halogenated alkanes) is 1. The van der Waals surface area contributed by atoms with Crippen LogP contribution in [0.3, 0.4) is 0 Å². The molecule has 34 heavy (non-hydrogen) atoms. The van der Waals surface area contributed by atoms with E-state index in [1.165, 1.54) is 31.9 Å². The summed E-state index contributed by atoms with van der Waals surface area (Å²) < 4.78 is 1.10. The van der Waals surface area contributed by atoms with Crippen molar-refractivity contribution in [1.29, 1.82) is 0 Å². The minimum atomic E-state index is -1.41. The fraction of sp³-hybridized carbons (Fsp3) is 0.545. The predicted molar refractivity (Wildman–Crippen MR) is 122 cm³/mol. The molecule has 2 amide bonds. The lowest BCUT2D eigenvalue weighted by atomic mass is 10.1. The number of H-pyrrole nitrogens is 1. The minimum Gasteiger partial charge on any atom is -0.545 e. The van der Waals surface area contributed by atoms with Gasteiger partial charge in [0.05, 0.1) is 12.5 Å². The highest BCUT2D eigenvalue weighted by atomic mass is 16.4. The summed E-state index contributed by atoms with van der Waals surface area (Å²) in [6, 6.07) is -0.145. The highest BCUT2D eigenvalue weighted by Crippen LogP contribution is 2.05. The van der Waals surface area contributed by atoms with E-state index in [0.29, 0.717) is 25.8 Å². The van der Waals surface area contributed by atoms with Gasteiger partial charge in [-0.1, -0.05) is 6.42 Å². The molecule has 0 aliphatic rings. The topological polar surface area (TPSA) is 173 Å². The van der Waals surface area contributed by atoms with Crippen molar-refractivity contribution in [3.63, 3.8) is 0 Å². The maximum Gasteiger partial charge on any atom is 0.328 e. The van der Waals surface area contributed by atoms with Gasteiger partial charge in [0.1, 0.15) is 12.3 Å². The number of aliphatic carboxylic acids is 1. The Balaban J connectivity index is 2.66. The number of aromatic amines is 1. The molecule has 0 aliphatic heterocycles. The van der Waals surface area contributed by atoms with Crippen LogP contribution in [0, 0.1) is 6.92 Å². The Bertz CT molecular complexity index is 1040. The number of nitrogens with zero attached hydrogens (tertiary/aromatic N) is 2. The molecule has 0 radical (unpaired) electrons. The smallest absolute Gasteiger partial charge is 0.328 e. The molecule has 0 bridgehead atoms. The van der Waals surface area contributed by atoms with Crippen molar-refractivity contribution >= 4 is 23.6 Å². The molecule has 1 aromatic rings. The van der Waals surface area contributed by atoms with Crippen molar-refractivity contribution in [2.45, 2.75) is 52.6 Å². The molecule has 1 unspecified atom stereocenters. The fourth-order valence-electron chi connectivity index (χ4n) is 3.13. The number of aryl methyl sites for hydroxylation is 1. The molecular formula is C22H32N5O7-. The molecule has 0 aliphatic carbocycles. The van der Waals surface area contributed by atoms with Gasteiger partial charge >= 0.3 is 5.69 Å². The summed E-state index contributed by atoms with van der Waals surface area (Å²) in [7, 11) is 1.73. The van der Waals surface area contributed by atoms with Crippen LogP contribution in [0.2, 0.25) is 0 Å². The number of carbonyl (C=O) groups is 4. The lowest BCUT2D eigenvalue weighted by Gasteiger charge is -2.27. The third kappa shape index (κ3) is 9.94. The molecule has 0 fully saturated rings. The summed E-state index contributed by atoms with van der Waals surface area (Å²) in [5.74, 6) is -2.57. The number of carboxylic acid groups (broad SMARTS) is 1. The molecule has 0 aromatic carbocycles. The molecule has 3 N–H and O–H groups in total. The predicted octanol–water partition coefficient (Wildman–Crippen LogP) is -2.17. The number of aromatic nitrogens is 2. The molecule has 12 nitrogen and oxygen atoms in total. The van der Waals surface area contributed by atoms with Gasteiger partial charge in [0.2, 0.25) is 11.8 Å². The van der Waals surface area contributed by atoms with Crippen LogP contribution in [-0.2, 0) is 25.7 Å². The van der Waals surface area contributed by atoms with E-state index >= 15 is 0 Å². The lowest BCUT2D eigenvalue weighted by Crippen LogP contribution is -2.46. The van der Waals surface area contributed by atoms with Crippen molar-refractivity contribution < 1.29 is 24.3 Å². The van der Waals surface area contributed by atoms with Gasteiger partial charge in [-0.05, 0) is 46.2 Å². The number of rotatable bonds is 14. The van der Waals surface area contributed by atoms with Crippen LogP contribution < -0.4 is 27.0 Å². The zero-order valence-electron chi connectivity index (χ0n) is 19.9. The number of nitrogens with one attached hydrogen (secondary N) is 3. The van der Waals surface area contributed by atoms with E-state index in [2.05, 4.69) is 15.6 Å². The van der Waals surface area contributed by atoms with Crippen LogP contribution in [0.5, 0.6) is 0 Å². The van der Waals surface area contributed by atoms with Crippen LogP contribution in [0.25, 0.3) is 0 Å². The molecule has 1 rings (SSSR count). The zero-order valence-corrected chi connectivity index (χ0v) is 19.9. The van der Waals surface area contributed by atoms with E-state index in [9.17, 15) is 33.9 Å². The SMILES string of the molecule is CNC(CCCCNC(=O)/C=C(\C)C(=O)[O-])CN(CC(C)=O)C(=O)Cn1cc(C)c(=O)[nH]c1=O. The van der Waals surface area contributed by atoms with E-state index in [1.807, 2.05) is 0 Å². The number of hydrogen-bond acceptors (Lipinski definition) is 8. The van der Waals surface area contributed by atoms with Gasteiger partial charge in [-0.3, -0.25) is 28.7 Å². The number of likely N-dealkylation sites (N-methyl/N-ethyl adjacent to an activating group) is 1. The monoisotopic (exact) mass is 478 g/mol. The van der Waals surface area contributed by atoms with Crippen molar-refractivity contribution in [1.82, 2.24) is 25.1 Å². The van der Waals surface area contributed by atoms with Gasteiger partial charge < -0.3 is 25.4 Å². The summed E-state index contributed by atoms with van der Waals surface area (Å²) in [6.07, 6.45) is 4.22. The number of carboxylic acids is 1. The number of ketones is 1. The summed E-state index contributed by atoms with van der Waals surface area (Å²) in [5.41, 5.74) is -1.10. The summed E-state index contributed by atoms with van der Waals surface area (Å²) >= 11 is 0. The molecule has 1 heterocycles. The Hall–Kier alpha value is -3.54. The van der Waals surface area contributed by atoms with Crippen molar-refractivity contribution in [2.24, 2.45) is 0 Å². The molecule has 0 saturated heterocycles. The first-order valence-corrected chi connectivity index (χ1v) is 10.9. The maximum absolute atomic E-state index is 12.8. The number of amides is 2. The summed E-state index contributed by atoms with van der Waals surface area (Å²) in [5, 5.41) is 16.3. The summed E-state index contributed by atoms with van der Waals surface area (Å²) in [6.45, 7) is 4.30. The second kappa shape index (κ2) is 13.9. The zero-order chi connectivity index (χ0) is 25.8. The van der Waals surface area contributed by atoms with Gasteiger partial charge in [0, 0.05) is 37.0 Å². The molecule has 0 saturated carbocycles. The van der Waals surface area contributed by atoms with Gasteiger partial charge in [-0.15, -0.1) is 0 Å². The highest BCUT2D eigenvalue weighted by Gasteiger charge is 2.20. The largest absolute Gasteiger partial charge is 0.545 e. The van der Waals surface area contributed by atoms with Crippen LogP contribution >= 0.6 is 0 Å². The Morgan fingerprint density at radius 3 is 2.47 bits per heavy atom. The van der Waals surface area contributed by atoms with Crippen LogP contribution in [0.1, 0.15) is 38.7 Å². The molecular weight excluding hydrogens is 446 g/mol. The lowest BCUT2D eigenvalue weighted by molar-refractivity contribution is -0.299. The molecule has 0 spiro atoms. The standard InChI is InChI=1S/C22H33N5O7/c1-14(21(32)33)9-18(29)24-8-6-5-7-17(23-4)12-26(11-16(3)28)19(30)13-27-10-15(2)20(31)25-22(27)34/h9-10,17,23H,5-8,11-13H2,1-4H3,(H,24,29)(H,32,33)(H,25,31,34)/p-1/b14-9+. The number of Topliss-reactive ketones (excluding diaryl/α,β-unsaturated/α-hetero) is 1. The van der Waals surface area contributed by atoms with Gasteiger partial charge in [-0.25, -0.2) is 4.79 Å². The van der Waals surface area contributed by atoms with Gasteiger partial charge in [-0.2, -0.15) is 0 Å². The van der Waals surface area contributed by atoms with Gasteiger partial charge in [0.15, 0.2) is 0 Å². The third-order valence-corrected chi connectivity index (χ3v) is 5.06. The molecule has 1 aromatic heterocycles. The second-order valence-electron chi connectivity index (χ2n) is 8.06. The van der Waals surface area contributed by atoms with Crippen LogP contribution in [-0.4, -0.2) is 70.7 Å². The highest BCUT2D eigenvalue weighted by molar-refractivity contribution is 5.96. The number of hydrogen-bond donors (Lipinski definition) is 3. The van der Waals surface area contributed by atoms with E-state index < -0.39 is 29.0 Å². The quantitative estimate of drug-likeness (QED) is 0.200. The molecule has 1 atom stereocenters. The average molecular weight is 479 g/mol. The van der Waals surface area contributed by atoms with E-state index in [1.54, 1.807) is 7.05 Å². The van der Waals surface area contributed by atoms with E-state index in [-0.39, 0.29) is 42.6 Å². The Morgan fingerprint density at radius 1 is 1.21 bits per heavy atom. The number of carbonyl (C=O) groups excluding carboxylic acids is 4. The first-order chi connectivity index (χ1) is 15.9. The second-order valence-corrected chi connectivity index (χ2v) is 8.06.